The Morgan fingerprint density at radius 2 is 1.67 bits per heavy atom. The highest BCUT2D eigenvalue weighted by Gasteiger charge is 2.34. The highest BCUT2D eigenvalue weighted by Crippen LogP contribution is 2.43. The molecule has 0 aliphatic carbocycles. The van der Waals surface area contributed by atoms with E-state index < -0.39 is 45.0 Å². The Bertz CT molecular complexity index is 405. The highest BCUT2D eigenvalue weighted by atomic mass is 35.5. The minimum Gasteiger partial charge on any atom is -0.404 e. The number of nitrogen functional groups attached to an aromatic ring is 1. The Balaban J connectivity index is 3.05. The second-order valence-corrected chi connectivity index (χ2v) is 4.43. The number of hydrogen-bond acceptors (Lipinski definition) is 3. The van der Waals surface area contributed by atoms with Crippen molar-refractivity contribution in [2.45, 2.75) is 16.8 Å². The van der Waals surface area contributed by atoms with E-state index in [9.17, 15) is 26.3 Å². The summed E-state index contributed by atoms with van der Waals surface area (Å²) in [5.74, 6) is -0.854. The Hall–Kier alpha value is -0.960. The Labute approximate surface area is 106 Å². The van der Waals surface area contributed by atoms with Crippen LogP contribution in [0.5, 0.6) is 5.75 Å². The molecule has 2 nitrogen and oxygen atoms in total. The quantitative estimate of drug-likeness (QED) is 0.498. The molecule has 102 valence electrons. The Kier molecular flexibility index (Phi) is 4.16. The maximum Gasteiger partial charge on any atom is 0.573 e. The lowest BCUT2D eigenvalue weighted by molar-refractivity contribution is -0.274. The van der Waals surface area contributed by atoms with Gasteiger partial charge in [0.05, 0.1) is 5.02 Å². The van der Waals surface area contributed by atoms with Crippen molar-refractivity contribution in [2.75, 3.05) is 5.73 Å². The average Bonchev–Trinajstić information content (AvgIpc) is 2.08. The third-order valence-electron chi connectivity index (χ3n) is 1.52. The molecule has 0 aromatic heterocycles. The van der Waals surface area contributed by atoms with Gasteiger partial charge in [-0.25, -0.2) is 0 Å². The maximum absolute atomic E-state index is 12.1. The molecule has 0 bridgehead atoms. The maximum atomic E-state index is 12.1. The number of ether oxygens (including phenoxy) is 1. The zero-order chi connectivity index (χ0) is 14.1. The van der Waals surface area contributed by atoms with E-state index >= 15 is 0 Å². The van der Waals surface area contributed by atoms with Crippen LogP contribution in [0.4, 0.5) is 32.0 Å². The lowest BCUT2D eigenvalue weighted by atomic mass is 10.3. The normalized spacial score (nSPS) is 12.6. The summed E-state index contributed by atoms with van der Waals surface area (Å²) in [6.45, 7) is 0. The van der Waals surface area contributed by atoms with E-state index in [0.29, 0.717) is 12.1 Å². The molecule has 10 heteroatoms. The molecule has 0 spiro atoms. The van der Waals surface area contributed by atoms with Crippen molar-refractivity contribution in [3.8, 4) is 5.75 Å². The molecule has 2 N–H and O–H groups in total. The first-order valence-corrected chi connectivity index (χ1v) is 5.28. The fourth-order valence-electron chi connectivity index (χ4n) is 0.967. The van der Waals surface area contributed by atoms with Crippen LogP contribution < -0.4 is 10.5 Å². The number of anilines is 1. The molecule has 0 fully saturated rings. The third-order valence-corrected chi connectivity index (χ3v) is 2.62. The topological polar surface area (TPSA) is 35.2 Å². The molecule has 1 rings (SSSR count). The van der Waals surface area contributed by atoms with Gasteiger partial charge in [0.15, 0.2) is 0 Å². The largest absolute Gasteiger partial charge is 0.573 e. The van der Waals surface area contributed by atoms with Crippen molar-refractivity contribution >= 4 is 29.1 Å². The zero-order valence-electron chi connectivity index (χ0n) is 8.19. The van der Waals surface area contributed by atoms with Crippen molar-refractivity contribution in [1.29, 1.82) is 0 Å². The summed E-state index contributed by atoms with van der Waals surface area (Å²) < 4.78 is 75.5. The fourth-order valence-corrected chi connectivity index (χ4v) is 1.84. The predicted octanol–water partition coefficient (Wildman–Crippen LogP) is 4.43. The molecule has 0 aliphatic heterocycles. The summed E-state index contributed by atoms with van der Waals surface area (Å²) in [7, 11) is 0. The number of benzene rings is 1. The number of rotatable bonds is 2. The zero-order valence-corrected chi connectivity index (χ0v) is 9.77. The number of hydrogen-bond donors (Lipinski definition) is 1. The summed E-state index contributed by atoms with van der Waals surface area (Å²) >= 11 is 4.80. The molecule has 0 heterocycles. The second-order valence-electron chi connectivity index (χ2n) is 2.92. The van der Waals surface area contributed by atoms with E-state index in [1.807, 2.05) is 0 Å². The van der Waals surface area contributed by atoms with Gasteiger partial charge in [-0.3, -0.25) is 0 Å². The lowest BCUT2D eigenvalue weighted by Crippen LogP contribution is -2.17. The van der Waals surface area contributed by atoms with Crippen molar-refractivity contribution in [3.05, 3.63) is 17.2 Å². The van der Waals surface area contributed by atoms with Gasteiger partial charge < -0.3 is 10.5 Å². The molecule has 0 amide bonds. The van der Waals surface area contributed by atoms with E-state index in [-0.39, 0.29) is 0 Å². The first kappa shape index (κ1) is 15.1. The van der Waals surface area contributed by atoms with Gasteiger partial charge in [0.25, 0.3) is 0 Å². The molecular weight excluding hydrogens is 308 g/mol. The van der Waals surface area contributed by atoms with Gasteiger partial charge in [-0.1, -0.05) is 11.6 Å². The highest BCUT2D eigenvalue weighted by molar-refractivity contribution is 8.00. The average molecular weight is 312 g/mol. The van der Waals surface area contributed by atoms with Gasteiger partial charge in [0.1, 0.15) is 5.75 Å². The van der Waals surface area contributed by atoms with Gasteiger partial charge in [-0.05, 0) is 17.8 Å². The molecule has 0 unspecified atom stereocenters. The van der Waals surface area contributed by atoms with Crippen LogP contribution in [-0.2, 0) is 0 Å². The number of nitrogens with two attached hydrogens (primary N) is 1. The standard InChI is InChI=1S/C8H4ClF6NOS/c9-3-1-6(18-8(13,14)15)4(16)2-5(3)17-7(10,11)12/h1-2H,16H2. The molecule has 0 radical (unpaired) electrons. The van der Waals surface area contributed by atoms with Crippen LogP contribution in [0.15, 0.2) is 17.0 Å². The smallest absolute Gasteiger partial charge is 0.404 e. The van der Waals surface area contributed by atoms with E-state index in [4.69, 9.17) is 17.3 Å². The van der Waals surface area contributed by atoms with E-state index in [2.05, 4.69) is 4.74 Å². The molecule has 1 aromatic rings. The lowest BCUT2D eigenvalue weighted by Gasteiger charge is -2.13. The second kappa shape index (κ2) is 4.96. The van der Waals surface area contributed by atoms with Gasteiger partial charge in [0, 0.05) is 16.6 Å². The van der Waals surface area contributed by atoms with Crippen LogP contribution >= 0.6 is 23.4 Å². The molecule has 0 saturated heterocycles. The van der Waals surface area contributed by atoms with Crippen LogP contribution in [0.3, 0.4) is 0 Å². The summed E-state index contributed by atoms with van der Waals surface area (Å²) in [6, 6.07) is 1.25. The Morgan fingerprint density at radius 3 is 2.11 bits per heavy atom. The molecule has 0 atom stereocenters. The van der Waals surface area contributed by atoms with Crippen LogP contribution in [0.2, 0.25) is 5.02 Å². The van der Waals surface area contributed by atoms with Gasteiger partial charge in [0.2, 0.25) is 0 Å². The van der Waals surface area contributed by atoms with E-state index in [1.165, 1.54) is 0 Å². The predicted molar refractivity (Wildman–Crippen MR) is 54.5 cm³/mol. The van der Waals surface area contributed by atoms with Crippen molar-refractivity contribution in [3.63, 3.8) is 0 Å². The van der Waals surface area contributed by atoms with Crippen molar-refractivity contribution < 1.29 is 31.1 Å². The van der Waals surface area contributed by atoms with Crippen molar-refractivity contribution in [1.82, 2.24) is 0 Å². The van der Waals surface area contributed by atoms with Gasteiger partial charge in [-0.15, -0.1) is 13.2 Å². The number of halogens is 7. The molecule has 0 saturated carbocycles. The monoisotopic (exact) mass is 311 g/mol. The first-order valence-electron chi connectivity index (χ1n) is 4.08. The minimum atomic E-state index is -5.01. The minimum absolute atomic E-state index is 0.498. The number of alkyl halides is 6. The fraction of sp³-hybridized carbons (Fsp3) is 0.250. The molecule has 18 heavy (non-hydrogen) atoms. The van der Waals surface area contributed by atoms with Gasteiger partial charge in [-0.2, -0.15) is 13.2 Å². The SMILES string of the molecule is Nc1cc(OC(F)(F)F)c(Cl)cc1SC(F)(F)F. The Morgan fingerprint density at radius 1 is 1.11 bits per heavy atom. The summed E-state index contributed by atoms with van der Waals surface area (Å²) in [6.07, 6.45) is -5.01. The summed E-state index contributed by atoms with van der Waals surface area (Å²) in [5.41, 5.74) is 0.0553. The van der Waals surface area contributed by atoms with Crippen LogP contribution in [0.25, 0.3) is 0 Å². The summed E-state index contributed by atoms with van der Waals surface area (Å²) in [5, 5.41) is -0.617. The molecule has 0 aliphatic rings. The molecule has 1 aromatic carbocycles. The summed E-state index contributed by atoms with van der Waals surface area (Å²) in [4.78, 5) is -0.498. The van der Waals surface area contributed by atoms with Crippen LogP contribution in [-0.4, -0.2) is 11.9 Å². The molecular formula is C8H4ClF6NOS. The van der Waals surface area contributed by atoms with Crippen molar-refractivity contribution in [2.24, 2.45) is 0 Å². The first-order chi connectivity index (χ1) is 7.98. The van der Waals surface area contributed by atoms with E-state index in [0.717, 1.165) is 0 Å². The number of thioether (sulfide) groups is 1. The van der Waals surface area contributed by atoms with E-state index in [1.54, 1.807) is 0 Å². The van der Waals surface area contributed by atoms with Crippen LogP contribution in [0.1, 0.15) is 0 Å². The third kappa shape index (κ3) is 4.73. The van der Waals surface area contributed by atoms with Gasteiger partial charge >= 0.3 is 11.9 Å². The van der Waals surface area contributed by atoms with Crippen LogP contribution in [0, 0.1) is 0 Å².